The van der Waals surface area contributed by atoms with Gasteiger partial charge in [-0.2, -0.15) is 5.10 Å². The predicted octanol–water partition coefficient (Wildman–Crippen LogP) is 0.330. The molecule has 26 heavy (non-hydrogen) atoms. The predicted molar refractivity (Wildman–Crippen MR) is 95.0 cm³/mol. The second-order valence-corrected chi connectivity index (χ2v) is 5.16. The lowest BCUT2D eigenvalue weighted by Crippen LogP contribution is -2.34. The molecular weight excluding hydrogens is 334 g/mol. The smallest absolute Gasteiger partial charge is 0.259 e. The molecule has 0 aliphatic rings. The summed E-state index contributed by atoms with van der Waals surface area (Å²) in [6, 6.07) is 15.1. The lowest BCUT2D eigenvalue weighted by molar-refractivity contribution is -0.255. The number of carbonyl (C=O) groups excluding carboxylic acids is 3. The number of carboxylic acids is 1. The van der Waals surface area contributed by atoms with Gasteiger partial charge < -0.3 is 15.2 Å². The maximum absolute atomic E-state index is 11.6. The van der Waals surface area contributed by atoms with Gasteiger partial charge in [0.1, 0.15) is 0 Å². The second-order valence-electron chi connectivity index (χ2n) is 5.16. The number of benzene rings is 2. The van der Waals surface area contributed by atoms with Gasteiger partial charge >= 0.3 is 0 Å². The van der Waals surface area contributed by atoms with Crippen molar-refractivity contribution in [3.63, 3.8) is 0 Å². The van der Waals surface area contributed by atoms with Crippen LogP contribution in [0.1, 0.15) is 21.5 Å². The quantitative estimate of drug-likeness (QED) is 0.426. The Balaban J connectivity index is 1.73. The summed E-state index contributed by atoms with van der Waals surface area (Å²) in [7, 11) is 0. The fraction of sp³-hybridized carbons (Fsp3) is 0.0526. The number of aromatic carboxylic acids is 1. The van der Waals surface area contributed by atoms with E-state index in [1.165, 1.54) is 36.6 Å². The van der Waals surface area contributed by atoms with Gasteiger partial charge in [-0.3, -0.25) is 9.59 Å². The molecule has 2 aromatic carbocycles. The number of nitrogens with zero attached hydrogens (tertiary/aromatic N) is 1. The summed E-state index contributed by atoms with van der Waals surface area (Å²) >= 11 is 0. The molecule has 0 saturated heterocycles. The Morgan fingerprint density at radius 2 is 1.65 bits per heavy atom. The van der Waals surface area contributed by atoms with Crippen molar-refractivity contribution in [2.45, 2.75) is 0 Å². The first-order chi connectivity index (χ1) is 12.5. The first-order valence-electron chi connectivity index (χ1n) is 7.69. The Labute approximate surface area is 150 Å². The fourth-order valence-corrected chi connectivity index (χ4v) is 1.89. The number of carboxylic acid groups (broad SMARTS) is 1. The summed E-state index contributed by atoms with van der Waals surface area (Å²) in [5.74, 6) is -2.15. The highest BCUT2D eigenvalue weighted by Crippen LogP contribution is 2.01. The Hall–Kier alpha value is -3.74. The van der Waals surface area contributed by atoms with Crippen LogP contribution in [0, 0.1) is 0 Å². The highest BCUT2D eigenvalue weighted by atomic mass is 16.4. The van der Waals surface area contributed by atoms with Crippen molar-refractivity contribution in [2.75, 3.05) is 6.54 Å². The maximum Gasteiger partial charge on any atom is 0.259 e. The maximum atomic E-state index is 11.6. The standard InChI is InChI=1S/C19H17N3O4/c23-17(11-8-14-4-2-1-3-5-14)20-13-18(24)22-21-12-15-6-9-16(10-7-15)19(25)26/h1-12H,13H2,(H,20,23)(H,22,24)(H,25,26)/p-1. The molecule has 0 heterocycles. The molecule has 0 aromatic heterocycles. The molecule has 7 heteroatoms. The van der Waals surface area contributed by atoms with E-state index in [4.69, 9.17) is 0 Å². The van der Waals surface area contributed by atoms with Gasteiger partial charge in [0.25, 0.3) is 5.91 Å². The molecule has 132 valence electrons. The summed E-state index contributed by atoms with van der Waals surface area (Å²) in [6.07, 6.45) is 4.33. The monoisotopic (exact) mass is 350 g/mol. The third kappa shape index (κ3) is 6.40. The molecule has 0 bridgehead atoms. The number of carbonyl (C=O) groups is 3. The van der Waals surface area contributed by atoms with E-state index in [1.54, 1.807) is 6.08 Å². The minimum atomic E-state index is -1.26. The van der Waals surface area contributed by atoms with Gasteiger partial charge in [0.2, 0.25) is 5.91 Å². The van der Waals surface area contributed by atoms with Gasteiger partial charge in [-0.1, -0.05) is 54.6 Å². The van der Waals surface area contributed by atoms with Gasteiger partial charge in [-0.05, 0) is 22.8 Å². The summed E-state index contributed by atoms with van der Waals surface area (Å²) in [5, 5.41) is 16.8. The van der Waals surface area contributed by atoms with E-state index in [-0.39, 0.29) is 12.1 Å². The highest BCUT2D eigenvalue weighted by molar-refractivity contribution is 5.94. The van der Waals surface area contributed by atoms with Crippen LogP contribution >= 0.6 is 0 Å². The highest BCUT2D eigenvalue weighted by Gasteiger charge is 2.01. The molecule has 2 rings (SSSR count). The summed E-state index contributed by atoms with van der Waals surface area (Å²) in [6.45, 7) is -0.223. The van der Waals surface area contributed by atoms with Gasteiger partial charge in [0.05, 0.1) is 18.7 Å². The molecule has 2 amide bonds. The number of rotatable bonds is 7. The minimum absolute atomic E-state index is 0.0532. The molecule has 0 saturated carbocycles. The van der Waals surface area contributed by atoms with E-state index < -0.39 is 17.8 Å². The second kappa shape index (κ2) is 9.53. The Morgan fingerprint density at radius 1 is 0.962 bits per heavy atom. The van der Waals surface area contributed by atoms with Crippen LogP contribution in [0.3, 0.4) is 0 Å². The van der Waals surface area contributed by atoms with Crippen molar-refractivity contribution in [3.05, 3.63) is 77.4 Å². The van der Waals surface area contributed by atoms with Crippen LogP contribution < -0.4 is 15.8 Å². The lowest BCUT2D eigenvalue weighted by atomic mass is 10.1. The van der Waals surface area contributed by atoms with E-state index in [0.717, 1.165) is 5.56 Å². The third-order valence-corrected chi connectivity index (χ3v) is 3.20. The molecule has 0 fully saturated rings. The molecule has 0 radical (unpaired) electrons. The van der Waals surface area contributed by atoms with Crippen LogP contribution in [-0.2, 0) is 9.59 Å². The fourth-order valence-electron chi connectivity index (χ4n) is 1.89. The lowest BCUT2D eigenvalue weighted by Gasteiger charge is -2.02. The Morgan fingerprint density at radius 3 is 2.31 bits per heavy atom. The Kier molecular flexibility index (Phi) is 6.82. The van der Waals surface area contributed by atoms with E-state index in [9.17, 15) is 19.5 Å². The van der Waals surface area contributed by atoms with Gasteiger partial charge in [-0.25, -0.2) is 5.43 Å². The van der Waals surface area contributed by atoms with Crippen molar-refractivity contribution < 1.29 is 19.5 Å². The largest absolute Gasteiger partial charge is 0.545 e. The van der Waals surface area contributed by atoms with Crippen molar-refractivity contribution in [1.82, 2.24) is 10.7 Å². The summed E-state index contributed by atoms with van der Waals surface area (Å²) in [5.41, 5.74) is 3.79. The number of nitrogens with one attached hydrogen (secondary N) is 2. The molecule has 7 nitrogen and oxygen atoms in total. The zero-order valence-corrected chi connectivity index (χ0v) is 13.7. The SMILES string of the molecule is O=C(C=Cc1ccccc1)NCC(=O)NN=Cc1ccc(C(=O)[O-])cc1. The summed E-state index contributed by atoms with van der Waals surface area (Å²) < 4.78 is 0. The van der Waals surface area contributed by atoms with Crippen LogP contribution in [0.4, 0.5) is 0 Å². The molecule has 0 atom stereocenters. The van der Waals surface area contributed by atoms with Gasteiger partial charge in [0, 0.05) is 6.08 Å². The van der Waals surface area contributed by atoms with Crippen LogP contribution in [0.2, 0.25) is 0 Å². The van der Waals surface area contributed by atoms with Crippen LogP contribution in [0.5, 0.6) is 0 Å². The summed E-state index contributed by atoms with van der Waals surface area (Å²) in [4.78, 5) is 33.9. The van der Waals surface area contributed by atoms with E-state index in [2.05, 4.69) is 15.8 Å². The number of hydrogen-bond acceptors (Lipinski definition) is 5. The van der Waals surface area contributed by atoms with Gasteiger partial charge in [-0.15, -0.1) is 0 Å². The third-order valence-electron chi connectivity index (χ3n) is 3.20. The number of hydrazone groups is 1. The topological polar surface area (TPSA) is 111 Å². The molecule has 0 unspecified atom stereocenters. The molecule has 2 N–H and O–H groups in total. The van der Waals surface area contributed by atoms with Gasteiger partial charge in [0.15, 0.2) is 0 Å². The average molecular weight is 350 g/mol. The molecule has 0 aliphatic carbocycles. The average Bonchev–Trinajstić information content (AvgIpc) is 2.66. The van der Waals surface area contributed by atoms with E-state index in [0.29, 0.717) is 5.56 Å². The van der Waals surface area contributed by atoms with E-state index in [1.807, 2.05) is 30.3 Å². The van der Waals surface area contributed by atoms with Crippen LogP contribution in [0.25, 0.3) is 6.08 Å². The molecule has 0 spiro atoms. The van der Waals surface area contributed by atoms with Crippen molar-refractivity contribution >= 4 is 30.1 Å². The molecule has 0 aliphatic heterocycles. The van der Waals surface area contributed by atoms with Crippen LogP contribution in [-0.4, -0.2) is 30.5 Å². The molecular formula is C19H16N3O4-. The van der Waals surface area contributed by atoms with E-state index >= 15 is 0 Å². The Bertz CT molecular complexity index is 828. The zero-order valence-electron chi connectivity index (χ0n) is 13.7. The first kappa shape index (κ1) is 18.6. The van der Waals surface area contributed by atoms with Crippen LogP contribution in [0.15, 0.2) is 65.8 Å². The minimum Gasteiger partial charge on any atom is -0.545 e. The zero-order chi connectivity index (χ0) is 18.8. The number of amides is 2. The first-order valence-corrected chi connectivity index (χ1v) is 7.69. The molecule has 2 aromatic rings. The van der Waals surface area contributed by atoms with Crippen molar-refractivity contribution in [3.8, 4) is 0 Å². The van der Waals surface area contributed by atoms with Crippen molar-refractivity contribution in [1.29, 1.82) is 0 Å². The normalized spacial score (nSPS) is 10.8. The number of hydrogen-bond donors (Lipinski definition) is 2. The van der Waals surface area contributed by atoms with Crippen molar-refractivity contribution in [2.24, 2.45) is 5.10 Å².